The Morgan fingerprint density at radius 2 is 2.27 bits per heavy atom. The molecule has 1 aliphatic carbocycles. The second kappa shape index (κ2) is 4.89. The average Bonchev–Trinajstić information content (AvgIpc) is 2.73. The van der Waals surface area contributed by atoms with E-state index in [1.54, 1.807) is 6.33 Å². The molecule has 0 saturated carbocycles. The van der Waals surface area contributed by atoms with Crippen LogP contribution in [-0.2, 0) is 12.8 Å². The van der Waals surface area contributed by atoms with Gasteiger partial charge < -0.3 is 11.1 Å². The van der Waals surface area contributed by atoms with Gasteiger partial charge in [0, 0.05) is 24.3 Å². The summed E-state index contributed by atoms with van der Waals surface area (Å²) in [7, 11) is 0. The highest BCUT2D eigenvalue weighted by atomic mass is 15.0. The molecule has 4 heteroatoms. The first kappa shape index (κ1) is 10.1. The van der Waals surface area contributed by atoms with Crippen molar-refractivity contribution in [2.24, 2.45) is 5.73 Å². The predicted molar refractivity (Wildman–Crippen MR) is 60.7 cm³/mol. The first-order valence-electron chi connectivity index (χ1n) is 5.33. The smallest absolute Gasteiger partial charge is 0.133 e. The molecule has 0 spiro atoms. The van der Waals surface area contributed by atoms with Crippen LogP contribution < -0.4 is 11.1 Å². The molecule has 80 valence electrons. The van der Waals surface area contributed by atoms with Crippen LogP contribution in [0, 0.1) is 0 Å². The maximum Gasteiger partial charge on any atom is 0.133 e. The predicted octanol–water partition coefficient (Wildman–Crippen LogP) is 0.892. The van der Waals surface area contributed by atoms with Gasteiger partial charge in [-0.25, -0.2) is 9.97 Å². The Morgan fingerprint density at radius 1 is 1.33 bits per heavy atom. The zero-order valence-electron chi connectivity index (χ0n) is 8.74. The summed E-state index contributed by atoms with van der Waals surface area (Å²) >= 11 is 0. The fraction of sp³-hybridized carbons (Fsp3) is 0.455. The van der Waals surface area contributed by atoms with Crippen LogP contribution in [0.5, 0.6) is 0 Å². The molecule has 0 bridgehead atoms. The van der Waals surface area contributed by atoms with Crippen LogP contribution in [0.3, 0.4) is 0 Å². The van der Waals surface area contributed by atoms with Gasteiger partial charge in [0.2, 0.25) is 0 Å². The lowest BCUT2D eigenvalue weighted by molar-refractivity contribution is 0.899. The van der Waals surface area contributed by atoms with Crippen LogP contribution in [0.1, 0.15) is 17.7 Å². The normalized spacial score (nSPS) is 14.5. The van der Waals surface area contributed by atoms with E-state index in [2.05, 4.69) is 15.3 Å². The van der Waals surface area contributed by atoms with E-state index in [4.69, 9.17) is 5.73 Å². The molecule has 3 N–H and O–H groups in total. The van der Waals surface area contributed by atoms with Gasteiger partial charge in [0.05, 0.1) is 0 Å². The molecule has 0 atom stereocenters. The highest BCUT2D eigenvalue weighted by molar-refractivity contribution is 5.48. The maximum atomic E-state index is 5.36. The molecule has 0 saturated heterocycles. The van der Waals surface area contributed by atoms with Crippen molar-refractivity contribution in [2.75, 3.05) is 18.4 Å². The molecule has 0 aromatic carbocycles. The van der Waals surface area contributed by atoms with Crippen molar-refractivity contribution in [1.29, 1.82) is 0 Å². The summed E-state index contributed by atoms with van der Waals surface area (Å²) in [5, 5.41) is 3.29. The quantitative estimate of drug-likeness (QED) is 0.715. The lowest BCUT2D eigenvalue weighted by atomic mass is 10.2. The van der Waals surface area contributed by atoms with Gasteiger partial charge in [-0.2, -0.15) is 0 Å². The molecule has 0 radical (unpaired) electrons. The van der Waals surface area contributed by atoms with Crippen molar-refractivity contribution in [3.05, 3.63) is 29.7 Å². The number of nitrogens with two attached hydrogens (primary N) is 1. The first-order chi connectivity index (χ1) is 7.42. The number of rotatable bonds is 4. The zero-order valence-corrected chi connectivity index (χ0v) is 8.74. The zero-order chi connectivity index (χ0) is 10.5. The Labute approximate surface area is 89.6 Å². The maximum absolute atomic E-state index is 5.36. The van der Waals surface area contributed by atoms with Crippen molar-refractivity contribution in [3.63, 3.8) is 0 Å². The molecule has 1 aliphatic rings. The Morgan fingerprint density at radius 3 is 3.13 bits per heavy atom. The van der Waals surface area contributed by atoms with Gasteiger partial charge in [0.25, 0.3) is 0 Å². The molecule has 0 amide bonds. The molecule has 0 unspecified atom stereocenters. The largest absolute Gasteiger partial charge is 0.366 e. The Bertz CT molecular complexity index is 360. The number of anilines is 1. The van der Waals surface area contributed by atoms with E-state index in [0.717, 1.165) is 25.2 Å². The minimum Gasteiger partial charge on any atom is -0.366 e. The van der Waals surface area contributed by atoms with Crippen LogP contribution in [0.4, 0.5) is 5.82 Å². The van der Waals surface area contributed by atoms with Gasteiger partial charge in [-0.1, -0.05) is 12.2 Å². The highest BCUT2D eigenvalue weighted by Gasteiger charge is 2.16. The monoisotopic (exact) mass is 204 g/mol. The van der Waals surface area contributed by atoms with Crippen LogP contribution in [0.2, 0.25) is 0 Å². The summed E-state index contributed by atoms with van der Waals surface area (Å²) in [4.78, 5) is 8.54. The van der Waals surface area contributed by atoms with E-state index >= 15 is 0 Å². The molecule has 1 heterocycles. The SMILES string of the molecule is NC/C=C/CNc1ncnc2c1CCC2. The van der Waals surface area contributed by atoms with Crippen LogP contribution in [0.15, 0.2) is 18.5 Å². The summed E-state index contributed by atoms with van der Waals surface area (Å²) < 4.78 is 0. The van der Waals surface area contributed by atoms with Gasteiger partial charge in [-0.05, 0) is 19.3 Å². The van der Waals surface area contributed by atoms with Gasteiger partial charge in [0.1, 0.15) is 12.1 Å². The Balaban J connectivity index is 2.02. The molecule has 0 aliphatic heterocycles. The first-order valence-corrected chi connectivity index (χ1v) is 5.33. The number of aromatic nitrogens is 2. The molecule has 4 nitrogen and oxygen atoms in total. The number of nitrogens with zero attached hydrogens (tertiary/aromatic N) is 2. The third kappa shape index (κ3) is 2.33. The molecular weight excluding hydrogens is 188 g/mol. The third-order valence-electron chi connectivity index (χ3n) is 2.57. The van der Waals surface area contributed by atoms with Crippen molar-refractivity contribution < 1.29 is 0 Å². The number of fused-ring (bicyclic) bond motifs is 1. The molecule has 1 aromatic heterocycles. The Kier molecular flexibility index (Phi) is 3.29. The van der Waals surface area contributed by atoms with Gasteiger partial charge in [-0.3, -0.25) is 0 Å². The fourth-order valence-electron chi connectivity index (χ4n) is 1.85. The van der Waals surface area contributed by atoms with Crippen molar-refractivity contribution in [2.45, 2.75) is 19.3 Å². The van der Waals surface area contributed by atoms with Crippen LogP contribution in [-0.4, -0.2) is 23.1 Å². The van der Waals surface area contributed by atoms with E-state index in [0.29, 0.717) is 6.54 Å². The van der Waals surface area contributed by atoms with Crippen LogP contribution >= 0.6 is 0 Å². The molecule has 15 heavy (non-hydrogen) atoms. The molecule has 2 rings (SSSR count). The summed E-state index contributed by atoms with van der Waals surface area (Å²) in [6, 6.07) is 0. The Hall–Kier alpha value is -1.42. The molecular formula is C11H16N4. The van der Waals surface area contributed by atoms with E-state index in [-0.39, 0.29) is 0 Å². The lowest BCUT2D eigenvalue weighted by Gasteiger charge is -2.06. The summed E-state index contributed by atoms with van der Waals surface area (Å²) in [5.74, 6) is 0.985. The van der Waals surface area contributed by atoms with E-state index in [1.807, 2.05) is 12.2 Å². The minimum atomic E-state index is 0.587. The minimum absolute atomic E-state index is 0.587. The second-order valence-corrected chi connectivity index (χ2v) is 3.59. The summed E-state index contributed by atoms with van der Waals surface area (Å²) in [6.07, 6.45) is 8.97. The summed E-state index contributed by atoms with van der Waals surface area (Å²) in [5.41, 5.74) is 7.85. The standard InChI is InChI=1S/C11H16N4/c12-6-1-2-7-13-11-9-4-3-5-10(9)14-8-15-11/h1-2,8H,3-7,12H2,(H,13,14,15)/b2-1+. The second-order valence-electron chi connectivity index (χ2n) is 3.59. The van der Waals surface area contributed by atoms with Gasteiger partial charge in [-0.15, -0.1) is 0 Å². The van der Waals surface area contributed by atoms with E-state index in [9.17, 15) is 0 Å². The van der Waals surface area contributed by atoms with E-state index < -0.39 is 0 Å². The van der Waals surface area contributed by atoms with E-state index in [1.165, 1.54) is 17.7 Å². The average molecular weight is 204 g/mol. The van der Waals surface area contributed by atoms with Gasteiger partial charge >= 0.3 is 0 Å². The van der Waals surface area contributed by atoms with Crippen molar-refractivity contribution >= 4 is 5.82 Å². The van der Waals surface area contributed by atoms with Crippen LogP contribution in [0.25, 0.3) is 0 Å². The molecule has 0 fully saturated rings. The number of nitrogens with one attached hydrogen (secondary N) is 1. The third-order valence-corrected chi connectivity index (χ3v) is 2.57. The van der Waals surface area contributed by atoms with Crippen molar-refractivity contribution in [3.8, 4) is 0 Å². The fourth-order valence-corrected chi connectivity index (χ4v) is 1.85. The topological polar surface area (TPSA) is 63.8 Å². The number of aryl methyl sites for hydroxylation is 1. The van der Waals surface area contributed by atoms with Crippen molar-refractivity contribution in [1.82, 2.24) is 9.97 Å². The highest BCUT2D eigenvalue weighted by Crippen LogP contribution is 2.24. The molecule has 1 aromatic rings. The summed E-state index contributed by atoms with van der Waals surface area (Å²) in [6.45, 7) is 1.37. The number of hydrogen-bond donors (Lipinski definition) is 2. The lowest BCUT2D eigenvalue weighted by Crippen LogP contribution is -2.05. The number of hydrogen-bond acceptors (Lipinski definition) is 4. The van der Waals surface area contributed by atoms with Gasteiger partial charge in [0.15, 0.2) is 0 Å².